The summed E-state index contributed by atoms with van der Waals surface area (Å²) in [5.74, 6) is 2.05. The van der Waals surface area contributed by atoms with E-state index in [9.17, 15) is 0 Å². The lowest BCUT2D eigenvalue weighted by atomic mass is 10.2. The highest BCUT2D eigenvalue weighted by Gasteiger charge is 2.29. The highest BCUT2D eigenvalue weighted by atomic mass is 35.5. The van der Waals surface area contributed by atoms with Crippen LogP contribution in [0.5, 0.6) is 0 Å². The van der Waals surface area contributed by atoms with E-state index < -0.39 is 0 Å². The second-order valence-corrected chi connectivity index (χ2v) is 10.9. The molecule has 0 amide bonds. The largest absolute Gasteiger partial charge is 0.384 e. The van der Waals surface area contributed by atoms with Gasteiger partial charge >= 0.3 is 0 Å². The quantitative estimate of drug-likeness (QED) is 0.425. The van der Waals surface area contributed by atoms with Gasteiger partial charge in [-0.2, -0.15) is 0 Å². The van der Waals surface area contributed by atoms with Crippen LogP contribution < -0.4 is 5.32 Å². The number of piperazine rings is 1. The van der Waals surface area contributed by atoms with Crippen LogP contribution in [0.1, 0.15) is 38.5 Å². The Morgan fingerprint density at radius 3 is 2.24 bits per heavy atom. The molecule has 0 unspecified atom stereocenters. The minimum atomic E-state index is 0.736. The number of pyridine rings is 1. The van der Waals surface area contributed by atoms with Gasteiger partial charge in [-0.25, -0.2) is 0 Å². The highest BCUT2D eigenvalue weighted by molar-refractivity contribution is 6.31. The van der Waals surface area contributed by atoms with Crippen molar-refractivity contribution >= 4 is 28.2 Å². The molecule has 0 spiro atoms. The van der Waals surface area contributed by atoms with Crippen molar-refractivity contribution in [3.63, 3.8) is 0 Å². The van der Waals surface area contributed by atoms with E-state index in [2.05, 4.69) is 37.1 Å². The molecule has 1 aromatic carbocycles. The fourth-order valence-electron chi connectivity index (χ4n) is 5.14. The first-order valence-corrected chi connectivity index (χ1v) is 13.6. The zero-order valence-electron chi connectivity index (χ0n) is 20.0. The Morgan fingerprint density at radius 2 is 1.58 bits per heavy atom. The molecule has 1 saturated heterocycles. The number of hydrogen-bond acceptors (Lipinski definition) is 5. The lowest BCUT2D eigenvalue weighted by Gasteiger charge is -2.35. The van der Waals surface area contributed by atoms with Gasteiger partial charge in [-0.3, -0.25) is 4.98 Å². The first-order valence-electron chi connectivity index (χ1n) is 13.2. The molecule has 2 aromatic rings. The number of nitrogens with one attached hydrogen (secondary N) is 1. The third kappa shape index (κ3) is 7.29. The molecule has 0 bridgehead atoms. The predicted octanol–water partition coefficient (Wildman–Crippen LogP) is 4.82. The van der Waals surface area contributed by atoms with Crippen LogP contribution in [-0.2, 0) is 0 Å². The van der Waals surface area contributed by atoms with Crippen LogP contribution in [0.2, 0.25) is 5.02 Å². The van der Waals surface area contributed by atoms with Crippen LogP contribution in [0.3, 0.4) is 0 Å². The fraction of sp³-hybridized carbons (Fsp3) is 0.667. The number of anilines is 1. The van der Waals surface area contributed by atoms with E-state index in [-0.39, 0.29) is 0 Å². The topological polar surface area (TPSA) is 34.6 Å². The molecule has 180 valence electrons. The maximum atomic E-state index is 6.10. The summed E-state index contributed by atoms with van der Waals surface area (Å²) in [4.78, 5) is 12.5. The molecular weight excluding hydrogens is 430 g/mol. The summed E-state index contributed by atoms with van der Waals surface area (Å²) in [7, 11) is 0. The van der Waals surface area contributed by atoms with Crippen LogP contribution in [0.25, 0.3) is 10.9 Å². The summed E-state index contributed by atoms with van der Waals surface area (Å²) in [6, 6.07) is 7.99. The molecule has 1 aromatic heterocycles. The lowest BCUT2D eigenvalue weighted by Crippen LogP contribution is -2.47. The average molecular weight is 470 g/mol. The van der Waals surface area contributed by atoms with Crippen molar-refractivity contribution in [2.75, 3.05) is 70.8 Å². The van der Waals surface area contributed by atoms with Crippen molar-refractivity contribution in [1.29, 1.82) is 0 Å². The van der Waals surface area contributed by atoms with E-state index in [1.54, 1.807) is 0 Å². The molecule has 5 nitrogen and oxygen atoms in total. The highest BCUT2D eigenvalue weighted by Crippen LogP contribution is 2.33. The minimum Gasteiger partial charge on any atom is -0.384 e. The molecule has 33 heavy (non-hydrogen) atoms. The minimum absolute atomic E-state index is 0.736. The van der Waals surface area contributed by atoms with Gasteiger partial charge < -0.3 is 20.0 Å². The van der Waals surface area contributed by atoms with E-state index in [0.717, 1.165) is 46.4 Å². The Labute approximate surface area is 204 Å². The maximum absolute atomic E-state index is 6.10. The number of benzene rings is 1. The van der Waals surface area contributed by atoms with Crippen molar-refractivity contribution in [2.45, 2.75) is 38.5 Å². The zero-order chi connectivity index (χ0) is 22.5. The van der Waals surface area contributed by atoms with Gasteiger partial charge in [0.2, 0.25) is 0 Å². The number of halogens is 1. The molecule has 2 aliphatic carbocycles. The first kappa shape index (κ1) is 23.3. The van der Waals surface area contributed by atoms with Crippen LogP contribution in [0.4, 0.5) is 5.69 Å². The fourth-order valence-corrected chi connectivity index (χ4v) is 5.31. The van der Waals surface area contributed by atoms with Crippen LogP contribution in [-0.4, -0.2) is 85.1 Å². The zero-order valence-corrected chi connectivity index (χ0v) is 20.8. The van der Waals surface area contributed by atoms with Gasteiger partial charge in [0.15, 0.2) is 0 Å². The molecule has 2 heterocycles. The average Bonchev–Trinajstić information content (AvgIpc) is 3.75. The summed E-state index contributed by atoms with van der Waals surface area (Å²) in [5.41, 5.74) is 2.10. The van der Waals surface area contributed by atoms with Crippen molar-refractivity contribution in [3.8, 4) is 0 Å². The summed E-state index contributed by atoms with van der Waals surface area (Å²) in [6.45, 7) is 12.4. The summed E-state index contributed by atoms with van der Waals surface area (Å²) in [6.07, 6.45) is 10.3. The molecule has 3 aliphatic rings. The molecule has 0 atom stereocenters. The molecule has 1 N–H and O–H groups in total. The summed E-state index contributed by atoms with van der Waals surface area (Å²) >= 11 is 6.10. The summed E-state index contributed by atoms with van der Waals surface area (Å²) in [5, 5.41) is 5.48. The van der Waals surface area contributed by atoms with Gasteiger partial charge in [-0.15, -0.1) is 0 Å². The van der Waals surface area contributed by atoms with E-state index in [0.29, 0.717) is 0 Å². The normalized spacial score (nSPS) is 20.1. The van der Waals surface area contributed by atoms with Gasteiger partial charge in [-0.05, 0) is 94.3 Å². The van der Waals surface area contributed by atoms with Crippen LogP contribution in [0.15, 0.2) is 30.5 Å². The molecule has 2 saturated carbocycles. The molecule has 5 rings (SSSR count). The molecular formula is C27H40ClN5. The smallest absolute Gasteiger partial charge is 0.0737 e. The van der Waals surface area contributed by atoms with Gasteiger partial charge in [0.1, 0.15) is 0 Å². The number of hydrogen-bond donors (Lipinski definition) is 1. The summed E-state index contributed by atoms with van der Waals surface area (Å²) < 4.78 is 0. The molecule has 6 heteroatoms. The third-order valence-corrected chi connectivity index (χ3v) is 7.75. The molecule has 0 radical (unpaired) electrons. The predicted molar refractivity (Wildman–Crippen MR) is 139 cm³/mol. The monoisotopic (exact) mass is 469 g/mol. The van der Waals surface area contributed by atoms with Gasteiger partial charge in [-0.1, -0.05) is 11.6 Å². The van der Waals surface area contributed by atoms with Crippen molar-refractivity contribution < 1.29 is 0 Å². The van der Waals surface area contributed by atoms with E-state index >= 15 is 0 Å². The van der Waals surface area contributed by atoms with Crippen LogP contribution >= 0.6 is 11.6 Å². The van der Waals surface area contributed by atoms with Gasteiger partial charge in [0.25, 0.3) is 0 Å². The Bertz CT molecular complexity index is 875. The Kier molecular flexibility index (Phi) is 8.03. The van der Waals surface area contributed by atoms with E-state index in [1.807, 2.05) is 18.3 Å². The number of aromatic nitrogens is 1. The lowest BCUT2D eigenvalue weighted by molar-refractivity contribution is 0.125. The number of nitrogens with zero attached hydrogens (tertiary/aromatic N) is 4. The SMILES string of the molecule is Clc1ccc2c(NCCCN3CCN(CCCN(CC4CC4)CC4CC4)CC3)ccnc2c1. The molecule has 1 aliphatic heterocycles. The Balaban J connectivity index is 0.960. The standard InChI is InChI=1S/C27H40ClN5/c28-24-7-8-25-26(9-11-30-27(25)19-24)29-10-1-12-31-15-17-32(18-16-31)13-2-14-33(20-22-3-4-22)21-23-5-6-23/h7-9,11,19,22-23H,1-6,10,12-18,20-21H2,(H,29,30). The third-order valence-electron chi connectivity index (χ3n) is 7.51. The molecule has 3 fully saturated rings. The first-order chi connectivity index (χ1) is 16.2. The number of fused-ring (bicyclic) bond motifs is 1. The van der Waals surface area contributed by atoms with Crippen molar-refractivity contribution in [2.24, 2.45) is 11.8 Å². The van der Waals surface area contributed by atoms with Crippen LogP contribution in [0, 0.1) is 11.8 Å². The van der Waals surface area contributed by atoms with E-state index in [1.165, 1.54) is 91.0 Å². The van der Waals surface area contributed by atoms with Gasteiger partial charge in [0, 0.05) is 68.1 Å². The van der Waals surface area contributed by atoms with Gasteiger partial charge in [0.05, 0.1) is 5.52 Å². The second kappa shape index (κ2) is 11.4. The Hall–Kier alpha value is -1.40. The Morgan fingerprint density at radius 1 is 0.909 bits per heavy atom. The second-order valence-electron chi connectivity index (χ2n) is 10.5. The van der Waals surface area contributed by atoms with E-state index in [4.69, 9.17) is 11.6 Å². The number of rotatable bonds is 13. The van der Waals surface area contributed by atoms with Crippen molar-refractivity contribution in [1.82, 2.24) is 19.7 Å². The maximum Gasteiger partial charge on any atom is 0.0737 e. The van der Waals surface area contributed by atoms with Crippen molar-refractivity contribution in [3.05, 3.63) is 35.5 Å².